The van der Waals surface area contributed by atoms with Gasteiger partial charge in [0.25, 0.3) is 0 Å². The Morgan fingerprint density at radius 3 is 2.56 bits per heavy atom. The number of carbonyl (C=O) groups is 1. The van der Waals surface area contributed by atoms with Gasteiger partial charge in [-0.15, -0.1) is 0 Å². The lowest BCUT2D eigenvalue weighted by atomic mass is 10.2. The first-order valence-electron chi connectivity index (χ1n) is 8.27. The van der Waals surface area contributed by atoms with Crippen LogP contribution in [-0.2, 0) is 4.74 Å². The summed E-state index contributed by atoms with van der Waals surface area (Å²) < 4.78 is 4.76. The molecule has 0 atom stereocenters. The quantitative estimate of drug-likeness (QED) is 0.643. The zero-order valence-corrected chi connectivity index (χ0v) is 16.0. The van der Waals surface area contributed by atoms with Crippen LogP contribution in [0, 0.1) is 6.92 Å². The number of hydrogen-bond donors (Lipinski definition) is 1. The number of rotatable bonds is 5. The first-order chi connectivity index (χ1) is 13.0. The predicted octanol–water partition coefficient (Wildman–Crippen LogP) is 4.74. The summed E-state index contributed by atoms with van der Waals surface area (Å²) in [6, 6.07) is 16.6. The normalized spacial score (nSPS) is 10.4. The van der Waals surface area contributed by atoms with Crippen molar-refractivity contribution in [3.8, 4) is 0 Å². The Morgan fingerprint density at radius 2 is 1.85 bits per heavy atom. The van der Waals surface area contributed by atoms with Crippen LogP contribution in [0.4, 0.5) is 23.0 Å². The molecule has 1 aromatic heterocycles. The minimum atomic E-state index is -0.432. The molecule has 1 N–H and O–H groups in total. The average molecular weight is 383 g/mol. The third kappa shape index (κ3) is 4.35. The molecule has 0 bridgehead atoms. The molecule has 0 radical (unpaired) electrons. The maximum atomic E-state index is 11.8. The van der Waals surface area contributed by atoms with Crippen molar-refractivity contribution in [1.82, 2.24) is 9.97 Å². The van der Waals surface area contributed by atoms with E-state index in [-0.39, 0.29) is 0 Å². The largest absolute Gasteiger partial charge is 0.465 e. The van der Waals surface area contributed by atoms with E-state index in [1.54, 1.807) is 18.2 Å². The molecule has 138 valence electrons. The third-order valence-corrected chi connectivity index (χ3v) is 4.29. The van der Waals surface area contributed by atoms with E-state index >= 15 is 0 Å². The zero-order chi connectivity index (χ0) is 19.4. The van der Waals surface area contributed by atoms with Gasteiger partial charge >= 0.3 is 5.97 Å². The number of para-hydroxylation sites is 1. The molecule has 3 aromatic rings. The van der Waals surface area contributed by atoms with Crippen LogP contribution in [0.5, 0.6) is 0 Å². The van der Waals surface area contributed by atoms with Crippen LogP contribution < -0.4 is 10.2 Å². The van der Waals surface area contributed by atoms with E-state index in [9.17, 15) is 4.79 Å². The van der Waals surface area contributed by atoms with Crippen molar-refractivity contribution in [2.24, 2.45) is 0 Å². The van der Waals surface area contributed by atoms with Crippen LogP contribution in [0.2, 0.25) is 5.02 Å². The lowest BCUT2D eigenvalue weighted by Crippen LogP contribution is -2.13. The molecule has 27 heavy (non-hydrogen) atoms. The molecule has 0 unspecified atom stereocenters. The van der Waals surface area contributed by atoms with Gasteiger partial charge in [0.05, 0.1) is 23.4 Å². The highest BCUT2D eigenvalue weighted by atomic mass is 35.5. The molecule has 3 rings (SSSR count). The average Bonchev–Trinajstić information content (AvgIpc) is 2.68. The summed E-state index contributed by atoms with van der Waals surface area (Å²) in [4.78, 5) is 22.6. The first kappa shape index (κ1) is 18.7. The number of nitrogens with zero attached hydrogens (tertiary/aromatic N) is 3. The number of hydrogen-bond acceptors (Lipinski definition) is 6. The summed E-state index contributed by atoms with van der Waals surface area (Å²) in [5.74, 6) is 1.48. The molecule has 0 aliphatic heterocycles. The molecular formula is C20H19ClN4O2. The number of benzene rings is 2. The Balaban J connectivity index is 1.92. The SMILES string of the molecule is COC(=O)c1ccc(Cl)c(Nc2cc(N(C)c3ccccc3)nc(C)n2)c1. The number of nitrogens with one attached hydrogen (secondary N) is 1. The highest BCUT2D eigenvalue weighted by Gasteiger charge is 2.12. The van der Waals surface area contributed by atoms with Crippen molar-refractivity contribution in [2.45, 2.75) is 6.92 Å². The molecule has 0 aliphatic carbocycles. The van der Waals surface area contributed by atoms with Crippen molar-refractivity contribution < 1.29 is 9.53 Å². The second kappa shape index (κ2) is 8.05. The van der Waals surface area contributed by atoms with Crippen LogP contribution in [0.25, 0.3) is 0 Å². The number of aryl methyl sites for hydroxylation is 1. The molecule has 6 nitrogen and oxygen atoms in total. The van der Waals surface area contributed by atoms with Gasteiger partial charge in [0.2, 0.25) is 0 Å². The number of anilines is 4. The molecule has 0 spiro atoms. The molecule has 0 saturated heterocycles. The summed E-state index contributed by atoms with van der Waals surface area (Å²) in [5.41, 5.74) is 1.97. The monoisotopic (exact) mass is 382 g/mol. The van der Waals surface area contributed by atoms with Gasteiger partial charge in [-0.1, -0.05) is 29.8 Å². The van der Waals surface area contributed by atoms with Crippen LogP contribution >= 0.6 is 11.6 Å². The lowest BCUT2D eigenvalue weighted by Gasteiger charge is -2.19. The van der Waals surface area contributed by atoms with Gasteiger partial charge in [-0.25, -0.2) is 14.8 Å². The Bertz CT molecular complexity index is 963. The Labute approximate surface area is 162 Å². The molecule has 2 aromatic carbocycles. The number of carbonyl (C=O) groups excluding carboxylic acids is 1. The van der Waals surface area contributed by atoms with E-state index in [0.717, 1.165) is 11.5 Å². The van der Waals surface area contributed by atoms with Crippen LogP contribution in [0.3, 0.4) is 0 Å². The van der Waals surface area contributed by atoms with E-state index in [0.29, 0.717) is 27.9 Å². The fourth-order valence-corrected chi connectivity index (χ4v) is 2.74. The van der Waals surface area contributed by atoms with Gasteiger partial charge in [-0.05, 0) is 37.3 Å². The fraction of sp³-hybridized carbons (Fsp3) is 0.150. The van der Waals surface area contributed by atoms with Gasteiger partial charge in [0, 0.05) is 18.8 Å². The molecular weight excluding hydrogens is 364 g/mol. The van der Waals surface area contributed by atoms with Crippen molar-refractivity contribution in [3.05, 3.63) is 71.0 Å². The Morgan fingerprint density at radius 1 is 1.11 bits per heavy atom. The zero-order valence-electron chi connectivity index (χ0n) is 15.2. The van der Waals surface area contributed by atoms with E-state index in [4.69, 9.17) is 16.3 Å². The summed E-state index contributed by atoms with van der Waals surface area (Å²) in [6.45, 7) is 1.82. The van der Waals surface area contributed by atoms with Crippen molar-refractivity contribution in [2.75, 3.05) is 24.4 Å². The maximum absolute atomic E-state index is 11.8. The second-order valence-corrected chi connectivity index (χ2v) is 6.27. The lowest BCUT2D eigenvalue weighted by molar-refractivity contribution is 0.0601. The van der Waals surface area contributed by atoms with E-state index in [1.807, 2.05) is 55.3 Å². The molecule has 7 heteroatoms. The smallest absolute Gasteiger partial charge is 0.337 e. The minimum Gasteiger partial charge on any atom is -0.465 e. The van der Waals surface area contributed by atoms with Crippen LogP contribution in [0.15, 0.2) is 54.6 Å². The van der Waals surface area contributed by atoms with E-state index in [2.05, 4.69) is 15.3 Å². The fourth-order valence-electron chi connectivity index (χ4n) is 2.58. The summed E-state index contributed by atoms with van der Waals surface area (Å²) in [6.07, 6.45) is 0. The van der Waals surface area contributed by atoms with Crippen molar-refractivity contribution in [3.63, 3.8) is 0 Å². The topological polar surface area (TPSA) is 67.3 Å². The molecule has 0 aliphatic rings. The number of esters is 1. The van der Waals surface area contributed by atoms with E-state index < -0.39 is 5.97 Å². The summed E-state index contributed by atoms with van der Waals surface area (Å²) in [7, 11) is 3.27. The Hall–Kier alpha value is -3.12. The molecule has 0 fully saturated rings. The van der Waals surface area contributed by atoms with Gasteiger partial charge in [0.15, 0.2) is 0 Å². The molecule has 0 amide bonds. The number of methoxy groups -OCH3 is 1. The van der Waals surface area contributed by atoms with Crippen LogP contribution in [0.1, 0.15) is 16.2 Å². The van der Waals surface area contributed by atoms with Crippen LogP contribution in [-0.4, -0.2) is 30.1 Å². The molecule has 0 saturated carbocycles. The minimum absolute atomic E-state index is 0.400. The maximum Gasteiger partial charge on any atom is 0.337 e. The van der Waals surface area contributed by atoms with Gasteiger partial charge < -0.3 is 15.0 Å². The summed E-state index contributed by atoms with van der Waals surface area (Å²) >= 11 is 6.26. The van der Waals surface area contributed by atoms with Crippen molar-refractivity contribution >= 4 is 40.6 Å². The number of aromatic nitrogens is 2. The molecule has 1 heterocycles. The van der Waals surface area contributed by atoms with Gasteiger partial charge in [0.1, 0.15) is 17.5 Å². The first-order valence-corrected chi connectivity index (χ1v) is 8.65. The standard InChI is InChI=1S/C20H19ClN4O2/c1-13-22-18(12-19(23-13)25(2)15-7-5-4-6-8-15)24-17-11-14(20(26)27-3)9-10-16(17)21/h4-12H,1-3H3,(H,22,23,24). The van der Waals surface area contributed by atoms with Gasteiger partial charge in [-0.3, -0.25) is 0 Å². The highest BCUT2D eigenvalue weighted by Crippen LogP contribution is 2.29. The summed E-state index contributed by atoms with van der Waals surface area (Å²) in [5, 5.41) is 3.63. The van der Waals surface area contributed by atoms with Gasteiger partial charge in [-0.2, -0.15) is 0 Å². The van der Waals surface area contributed by atoms with E-state index in [1.165, 1.54) is 7.11 Å². The highest BCUT2D eigenvalue weighted by molar-refractivity contribution is 6.33. The Kier molecular flexibility index (Phi) is 5.57. The second-order valence-electron chi connectivity index (χ2n) is 5.86. The third-order valence-electron chi connectivity index (χ3n) is 3.96. The number of ether oxygens (including phenoxy) is 1. The predicted molar refractivity (Wildman–Crippen MR) is 107 cm³/mol. The van der Waals surface area contributed by atoms with Crippen molar-refractivity contribution in [1.29, 1.82) is 0 Å². The number of halogens is 1.